The number of aromatic nitrogens is 4. The lowest BCUT2D eigenvalue weighted by Crippen LogP contribution is -2.37. The summed E-state index contributed by atoms with van der Waals surface area (Å²) >= 11 is 0. The first-order valence-electron chi connectivity index (χ1n) is 10.4. The number of benzene rings is 1. The molecule has 0 saturated carbocycles. The van der Waals surface area contributed by atoms with E-state index in [-0.39, 0.29) is 11.5 Å². The van der Waals surface area contributed by atoms with Crippen LogP contribution in [0.4, 0.5) is 5.69 Å². The van der Waals surface area contributed by atoms with Crippen LogP contribution in [0, 0.1) is 0 Å². The molecule has 30 heavy (non-hydrogen) atoms. The number of amides is 1. The second kappa shape index (κ2) is 9.56. The number of unbranched alkanes of at least 4 members (excludes halogenated alkanes) is 2. The number of hydrogen-bond donors (Lipinski definition) is 1. The molecule has 3 rings (SSSR count). The zero-order chi connectivity index (χ0) is 21.7. The molecule has 0 radical (unpaired) electrons. The van der Waals surface area contributed by atoms with E-state index in [2.05, 4.69) is 29.4 Å². The van der Waals surface area contributed by atoms with Gasteiger partial charge < -0.3 is 9.88 Å². The maximum absolute atomic E-state index is 12.4. The second-order valence-electron chi connectivity index (χ2n) is 7.62. The first-order valence-corrected chi connectivity index (χ1v) is 10.4. The lowest BCUT2D eigenvalue weighted by Gasteiger charge is -2.08. The lowest BCUT2D eigenvalue weighted by molar-refractivity contribution is -0.116. The summed E-state index contributed by atoms with van der Waals surface area (Å²) in [6.07, 6.45) is 7.10. The summed E-state index contributed by atoms with van der Waals surface area (Å²) in [4.78, 5) is 40.9. The van der Waals surface area contributed by atoms with Gasteiger partial charge in [-0.05, 0) is 37.0 Å². The summed E-state index contributed by atoms with van der Waals surface area (Å²) in [6.45, 7) is 2.66. The molecule has 8 nitrogen and oxygen atoms in total. The molecule has 0 aliphatic heterocycles. The number of nitrogens with zero attached hydrogens (tertiary/aromatic N) is 4. The first-order chi connectivity index (χ1) is 14.4. The highest BCUT2D eigenvalue weighted by molar-refractivity contribution is 5.90. The molecule has 8 heteroatoms. The third kappa shape index (κ3) is 4.69. The van der Waals surface area contributed by atoms with Crippen LogP contribution in [-0.2, 0) is 31.9 Å². The molecule has 0 aliphatic rings. The summed E-state index contributed by atoms with van der Waals surface area (Å²) in [6, 6.07) is 7.99. The average Bonchev–Trinajstić information content (AvgIpc) is 3.16. The minimum atomic E-state index is -0.409. The van der Waals surface area contributed by atoms with Crippen molar-refractivity contribution < 1.29 is 4.79 Å². The zero-order valence-corrected chi connectivity index (χ0v) is 17.9. The Balaban J connectivity index is 1.56. The Morgan fingerprint density at radius 2 is 1.77 bits per heavy atom. The summed E-state index contributed by atoms with van der Waals surface area (Å²) < 4.78 is 4.13. The van der Waals surface area contributed by atoms with Crippen LogP contribution >= 0.6 is 0 Å². The number of aryl methyl sites for hydroxylation is 3. The monoisotopic (exact) mass is 411 g/mol. The highest BCUT2D eigenvalue weighted by Crippen LogP contribution is 2.13. The van der Waals surface area contributed by atoms with Crippen molar-refractivity contribution in [3.8, 4) is 0 Å². The van der Waals surface area contributed by atoms with Crippen LogP contribution < -0.4 is 16.6 Å². The summed E-state index contributed by atoms with van der Waals surface area (Å²) in [5.74, 6) is -0.0709. The van der Waals surface area contributed by atoms with Gasteiger partial charge in [0, 0.05) is 32.7 Å². The Bertz CT molecular complexity index is 1140. The van der Waals surface area contributed by atoms with Crippen molar-refractivity contribution in [3.63, 3.8) is 0 Å². The maximum atomic E-state index is 12.4. The Kier molecular flexibility index (Phi) is 6.87. The average molecular weight is 412 g/mol. The van der Waals surface area contributed by atoms with E-state index in [1.807, 2.05) is 12.1 Å². The quantitative estimate of drug-likeness (QED) is 0.548. The van der Waals surface area contributed by atoms with Gasteiger partial charge in [0.2, 0.25) is 5.91 Å². The van der Waals surface area contributed by atoms with Gasteiger partial charge in [0.1, 0.15) is 0 Å². The Hall–Kier alpha value is -3.16. The molecule has 1 N–H and O–H groups in total. The SMILES string of the molecule is CCCCCc1ccc(NC(=O)CCCn2cnc3c2c(=O)n(C)c(=O)n3C)cc1. The number of carbonyl (C=O) groups excluding carboxylic acids is 1. The Morgan fingerprint density at radius 1 is 1.03 bits per heavy atom. The molecule has 0 fully saturated rings. The number of imidazole rings is 1. The number of nitrogens with one attached hydrogen (secondary N) is 1. The van der Waals surface area contributed by atoms with Crippen LogP contribution in [0.15, 0.2) is 40.2 Å². The molecule has 2 heterocycles. The molecule has 3 aromatic rings. The predicted octanol–water partition coefficient (Wildman–Crippen LogP) is 2.59. The molecule has 1 aromatic carbocycles. The molecule has 160 valence electrons. The van der Waals surface area contributed by atoms with Gasteiger partial charge in [-0.2, -0.15) is 0 Å². The van der Waals surface area contributed by atoms with Crippen molar-refractivity contribution in [1.82, 2.24) is 18.7 Å². The van der Waals surface area contributed by atoms with Gasteiger partial charge in [-0.1, -0.05) is 31.9 Å². The van der Waals surface area contributed by atoms with E-state index in [1.54, 1.807) is 17.9 Å². The fourth-order valence-corrected chi connectivity index (χ4v) is 3.53. The minimum Gasteiger partial charge on any atom is -0.326 e. The fourth-order valence-electron chi connectivity index (χ4n) is 3.53. The number of rotatable bonds is 9. The molecule has 0 atom stereocenters. The number of anilines is 1. The third-order valence-electron chi connectivity index (χ3n) is 5.33. The van der Waals surface area contributed by atoms with Crippen molar-refractivity contribution >= 4 is 22.8 Å². The molecular weight excluding hydrogens is 382 g/mol. The first kappa shape index (κ1) is 21.5. The zero-order valence-electron chi connectivity index (χ0n) is 17.9. The summed E-state index contributed by atoms with van der Waals surface area (Å²) in [7, 11) is 3.04. The van der Waals surface area contributed by atoms with E-state index in [4.69, 9.17) is 0 Å². The minimum absolute atomic E-state index is 0.0709. The van der Waals surface area contributed by atoms with Crippen molar-refractivity contribution in [1.29, 1.82) is 0 Å². The van der Waals surface area contributed by atoms with Gasteiger partial charge in [-0.3, -0.25) is 18.7 Å². The van der Waals surface area contributed by atoms with Gasteiger partial charge in [0.05, 0.1) is 6.33 Å². The molecule has 0 bridgehead atoms. The van der Waals surface area contributed by atoms with Crippen LogP contribution in [0.25, 0.3) is 11.2 Å². The highest BCUT2D eigenvalue weighted by Gasteiger charge is 2.14. The van der Waals surface area contributed by atoms with Crippen LogP contribution in [0.5, 0.6) is 0 Å². The van der Waals surface area contributed by atoms with Gasteiger partial charge in [-0.15, -0.1) is 0 Å². The Labute approximate surface area is 175 Å². The summed E-state index contributed by atoms with van der Waals surface area (Å²) in [5.41, 5.74) is 2.01. The van der Waals surface area contributed by atoms with Gasteiger partial charge in [0.25, 0.3) is 5.56 Å². The van der Waals surface area contributed by atoms with Crippen LogP contribution in [0.3, 0.4) is 0 Å². The van der Waals surface area contributed by atoms with Crippen LogP contribution in [0.1, 0.15) is 44.6 Å². The van der Waals surface area contributed by atoms with Gasteiger partial charge in [-0.25, -0.2) is 9.78 Å². The topological polar surface area (TPSA) is 90.9 Å². The van der Waals surface area contributed by atoms with Crippen molar-refractivity contribution in [3.05, 3.63) is 57.0 Å². The number of hydrogen-bond acceptors (Lipinski definition) is 4. The third-order valence-corrected chi connectivity index (χ3v) is 5.33. The lowest BCUT2D eigenvalue weighted by atomic mass is 10.1. The summed E-state index contributed by atoms with van der Waals surface area (Å²) in [5, 5.41) is 2.92. The fraction of sp³-hybridized carbons (Fsp3) is 0.455. The molecular formula is C22H29N5O3. The maximum Gasteiger partial charge on any atom is 0.332 e. The standard InChI is InChI=1S/C22H29N5O3/c1-4-5-6-8-16-10-12-17(13-11-16)24-18(28)9-7-14-27-15-23-20-19(27)21(29)26(3)22(30)25(20)2/h10-13,15H,4-9,14H2,1-3H3,(H,24,28). The van der Waals surface area contributed by atoms with Crippen LogP contribution in [-0.4, -0.2) is 24.6 Å². The van der Waals surface area contributed by atoms with E-state index in [0.29, 0.717) is 30.6 Å². The van der Waals surface area contributed by atoms with Crippen molar-refractivity contribution in [2.45, 2.75) is 52.0 Å². The normalized spacial score (nSPS) is 11.2. The Morgan fingerprint density at radius 3 is 2.47 bits per heavy atom. The molecule has 1 amide bonds. The number of carbonyl (C=O) groups is 1. The van der Waals surface area contributed by atoms with Crippen LogP contribution in [0.2, 0.25) is 0 Å². The van der Waals surface area contributed by atoms with E-state index < -0.39 is 5.69 Å². The largest absolute Gasteiger partial charge is 0.332 e. The highest BCUT2D eigenvalue weighted by atomic mass is 16.2. The van der Waals surface area contributed by atoms with E-state index in [1.165, 1.54) is 36.4 Å². The smallest absolute Gasteiger partial charge is 0.326 e. The second-order valence-corrected chi connectivity index (χ2v) is 7.62. The van der Waals surface area contributed by atoms with Crippen molar-refractivity contribution in [2.24, 2.45) is 14.1 Å². The molecule has 0 saturated heterocycles. The molecule has 2 aromatic heterocycles. The van der Waals surface area contributed by atoms with E-state index >= 15 is 0 Å². The molecule has 0 spiro atoms. The van der Waals surface area contributed by atoms with Crippen molar-refractivity contribution in [2.75, 3.05) is 5.32 Å². The van der Waals surface area contributed by atoms with E-state index in [0.717, 1.165) is 16.7 Å². The molecule has 0 unspecified atom stereocenters. The predicted molar refractivity (Wildman–Crippen MR) is 118 cm³/mol. The van der Waals surface area contributed by atoms with E-state index in [9.17, 15) is 14.4 Å². The molecule has 0 aliphatic carbocycles. The van der Waals surface area contributed by atoms with Gasteiger partial charge >= 0.3 is 5.69 Å². The van der Waals surface area contributed by atoms with Gasteiger partial charge in [0.15, 0.2) is 11.2 Å². The number of fused-ring (bicyclic) bond motifs is 1.